The predicted octanol–water partition coefficient (Wildman–Crippen LogP) is 20.6. The summed E-state index contributed by atoms with van der Waals surface area (Å²) in [5.74, 6) is -0.839. The first-order valence-corrected chi connectivity index (χ1v) is 33.6. The summed E-state index contributed by atoms with van der Waals surface area (Å²) in [6.07, 6.45) is 82.6. The lowest BCUT2D eigenvalue weighted by Gasteiger charge is -2.19. The van der Waals surface area contributed by atoms with E-state index in [-0.39, 0.29) is 32.6 Å². The number of rotatable bonds is 60. The maximum absolute atomic E-state index is 12.7. The van der Waals surface area contributed by atoms with Crippen molar-refractivity contribution >= 4 is 19.8 Å². The highest BCUT2D eigenvalue weighted by Gasteiger charge is 2.26. The van der Waals surface area contributed by atoms with Crippen LogP contribution in [0, 0.1) is 0 Å². The van der Waals surface area contributed by atoms with E-state index in [0.717, 1.165) is 89.9 Å². The van der Waals surface area contributed by atoms with Crippen molar-refractivity contribution in [2.75, 3.05) is 26.4 Å². The number of hydrogen-bond acceptors (Lipinski definition) is 8. The number of carbonyl (C=O) groups excluding carboxylic acids is 2. The van der Waals surface area contributed by atoms with E-state index >= 15 is 0 Å². The summed E-state index contributed by atoms with van der Waals surface area (Å²) in [7, 11) is -4.39. The van der Waals surface area contributed by atoms with E-state index in [9.17, 15) is 19.0 Å². The molecular weight excluding hydrogens is 978 g/mol. The highest BCUT2D eigenvalue weighted by molar-refractivity contribution is 7.47. The third kappa shape index (κ3) is 62.3. The molecule has 0 aromatic rings. The minimum absolute atomic E-state index is 0.0498. The average Bonchev–Trinajstić information content (AvgIpc) is 3.42. The Kier molecular flexibility index (Phi) is 60.1. The topological polar surface area (TPSA) is 134 Å². The van der Waals surface area contributed by atoms with E-state index in [0.29, 0.717) is 12.8 Å². The second-order valence-corrected chi connectivity index (χ2v) is 22.7. The van der Waals surface area contributed by atoms with Crippen LogP contribution in [0.25, 0.3) is 0 Å². The highest BCUT2D eigenvalue weighted by Crippen LogP contribution is 2.43. The lowest BCUT2D eigenvalue weighted by Crippen LogP contribution is -2.29. The zero-order chi connectivity index (χ0) is 55.9. The second-order valence-electron chi connectivity index (χ2n) is 21.2. The summed E-state index contributed by atoms with van der Waals surface area (Å²) in [5.41, 5.74) is 5.38. The van der Waals surface area contributed by atoms with Crippen LogP contribution in [0.2, 0.25) is 0 Å². The quantitative estimate of drug-likeness (QED) is 0.0264. The zero-order valence-corrected chi connectivity index (χ0v) is 50.8. The summed E-state index contributed by atoms with van der Waals surface area (Å²) >= 11 is 0. The van der Waals surface area contributed by atoms with Crippen LogP contribution in [0.1, 0.15) is 296 Å². The zero-order valence-electron chi connectivity index (χ0n) is 49.9. The molecule has 0 fully saturated rings. The summed E-state index contributed by atoms with van der Waals surface area (Å²) in [5, 5.41) is 0. The van der Waals surface area contributed by atoms with E-state index < -0.39 is 32.5 Å². The summed E-state index contributed by atoms with van der Waals surface area (Å²) < 4.78 is 33.0. The fraction of sp³-hybridized carbons (Fsp3) is 0.761. The molecule has 10 heteroatoms. The molecule has 0 bridgehead atoms. The van der Waals surface area contributed by atoms with Gasteiger partial charge in [0.2, 0.25) is 0 Å². The van der Waals surface area contributed by atoms with Gasteiger partial charge in [0, 0.05) is 19.4 Å². The summed E-state index contributed by atoms with van der Waals surface area (Å²) in [4.78, 5) is 35.2. The first-order chi connectivity index (χ1) is 37.8. The molecule has 0 aliphatic heterocycles. The predicted molar refractivity (Wildman–Crippen MR) is 330 cm³/mol. The average molecular weight is 1100 g/mol. The van der Waals surface area contributed by atoms with Crippen molar-refractivity contribution in [3.05, 3.63) is 85.1 Å². The number of unbranched alkanes of at least 4 members (excludes halogenated alkanes) is 33. The van der Waals surface area contributed by atoms with Crippen molar-refractivity contribution in [1.29, 1.82) is 0 Å². The number of carbonyl (C=O) groups is 2. The van der Waals surface area contributed by atoms with E-state index in [1.807, 2.05) is 0 Å². The third-order valence-electron chi connectivity index (χ3n) is 13.8. The van der Waals surface area contributed by atoms with Gasteiger partial charge >= 0.3 is 19.8 Å². The van der Waals surface area contributed by atoms with E-state index in [1.54, 1.807) is 0 Å². The molecule has 77 heavy (non-hydrogen) atoms. The lowest BCUT2D eigenvalue weighted by atomic mass is 10.0. The molecule has 0 spiro atoms. The normalized spacial score (nSPS) is 13.6. The van der Waals surface area contributed by atoms with Crippen molar-refractivity contribution in [3.63, 3.8) is 0 Å². The second kappa shape index (κ2) is 62.4. The molecule has 446 valence electrons. The van der Waals surface area contributed by atoms with Gasteiger partial charge < -0.3 is 20.1 Å². The van der Waals surface area contributed by atoms with Crippen molar-refractivity contribution in [2.45, 2.75) is 302 Å². The van der Waals surface area contributed by atoms with Gasteiger partial charge in [-0.05, 0) is 83.5 Å². The van der Waals surface area contributed by atoms with Crippen molar-refractivity contribution in [3.8, 4) is 0 Å². The molecule has 0 aromatic carbocycles. The van der Waals surface area contributed by atoms with Gasteiger partial charge in [-0.1, -0.05) is 285 Å². The molecule has 2 unspecified atom stereocenters. The van der Waals surface area contributed by atoms with Gasteiger partial charge in [-0.3, -0.25) is 18.6 Å². The molecule has 0 saturated heterocycles. The number of phosphoric acid groups is 1. The molecule has 2 atom stereocenters. The van der Waals surface area contributed by atoms with E-state index in [1.165, 1.54) is 167 Å². The molecule has 0 aromatic heterocycles. The number of nitrogens with two attached hydrogens (primary N) is 1. The van der Waals surface area contributed by atoms with Crippen molar-refractivity contribution < 1.29 is 37.6 Å². The Morgan fingerprint density at radius 2 is 0.675 bits per heavy atom. The molecule has 0 aliphatic rings. The Morgan fingerprint density at radius 1 is 0.390 bits per heavy atom. The maximum Gasteiger partial charge on any atom is 0.472 e. The molecule has 9 nitrogen and oxygen atoms in total. The van der Waals surface area contributed by atoms with Gasteiger partial charge in [0.15, 0.2) is 6.10 Å². The van der Waals surface area contributed by atoms with Gasteiger partial charge in [-0.25, -0.2) is 4.57 Å². The molecule has 3 N–H and O–H groups in total. The van der Waals surface area contributed by atoms with Crippen LogP contribution in [0.4, 0.5) is 0 Å². The third-order valence-corrected chi connectivity index (χ3v) is 14.8. The number of hydrogen-bond donors (Lipinski definition) is 2. The number of esters is 2. The molecule has 0 radical (unpaired) electrons. The van der Waals surface area contributed by atoms with Crippen LogP contribution in [-0.2, 0) is 32.7 Å². The minimum atomic E-state index is -4.39. The first kappa shape index (κ1) is 74.2. The monoisotopic (exact) mass is 1100 g/mol. The number of phosphoric ester groups is 1. The molecule has 0 aliphatic carbocycles. The van der Waals surface area contributed by atoms with Gasteiger partial charge in [0.05, 0.1) is 13.2 Å². The molecular formula is C67H120NO8P. The summed E-state index contributed by atoms with van der Waals surface area (Å²) in [6.45, 7) is 3.52. The Balaban J connectivity index is 3.75. The molecule has 0 heterocycles. The fourth-order valence-corrected chi connectivity index (χ4v) is 9.88. The Labute approximate surface area is 474 Å². The van der Waals surface area contributed by atoms with Crippen molar-refractivity contribution in [1.82, 2.24) is 0 Å². The summed E-state index contributed by atoms with van der Waals surface area (Å²) in [6, 6.07) is 0. The smallest absolute Gasteiger partial charge is 0.462 e. The first-order valence-electron chi connectivity index (χ1n) is 32.1. The van der Waals surface area contributed by atoms with Crippen LogP contribution in [0.3, 0.4) is 0 Å². The standard InChI is InChI=1S/C67H120NO8P/c1-3-5-7-9-11-13-15-17-19-20-21-22-23-24-25-26-27-28-29-30-31-32-33-34-35-36-37-38-39-40-41-42-43-44-46-48-50-52-54-56-58-60-67(70)76-65(64-75-77(71,72)74-62-61-68)63-73-66(69)59-57-55-53-51-49-47-45-18-16-14-12-10-8-6-4-2/h5-8,11-14,17-19,21-22,45,65H,3-4,9-10,15-16,20,23-44,46-64,68H2,1-2H3,(H,71,72)/b7-5-,8-6-,13-11-,14-12-,19-17-,22-21-,45-18-. The Morgan fingerprint density at radius 3 is 1.00 bits per heavy atom. The molecule has 0 rings (SSSR count). The van der Waals surface area contributed by atoms with Crippen LogP contribution in [-0.4, -0.2) is 49.3 Å². The van der Waals surface area contributed by atoms with Gasteiger partial charge in [0.1, 0.15) is 6.61 Å². The van der Waals surface area contributed by atoms with Gasteiger partial charge in [-0.15, -0.1) is 0 Å². The van der Waals surface area contributed by atoms with Crippen LogP contribution in [0.5, 0.6) is 0 Å². The lowest BCUT2D eigenvalue weighted by molar-refractivity contribution is -0.161. The van der Waals surface area contributed by atoms with E-state index in [2.05, 4.69) is 98.9 Å². The number of allylic oxidation sites excluding steroid dienone is 14. The van der Waals surface area contributed by atoms with Gasteiger partial charge in [0.25, 0.3) is 0 Å². The Hall–Kier alpha value is -2.81. The fourth-order valence-electron chi connectivity index (χ4n) is 9.12. The van der Waals surface area contributed by atoms with Crippen LogP contribution in [0.15, 0.2) is 85.1 Å². The number of ether oxygens (including phenoxy) is 2. The van der Waals surface area contributed by atoms with Gasteiger partial charge in [-0.2, -0.15) is 0 Å². The van der Waals surface area contributed by atoms with Crippen molar-refractivity contribution in [2.24, 2.45) is 5.73 Å². The molecule has 0 amide bonds. The van der Waals surface area contributed by atoms with Crippen LogP contribution >= 0.6 is 7.82 Å². The SMILES string of the molecule is CC/C=C\C/C=C\C/C=C\C/C=C\CCCCCCCCCCCCCCCCCCCCCCCCCCCCCCC(=O)OC(COC(=O)CCCCCCC/C=C\C/C=C\C/C=C\CC)COP(=O)(O)OCCN. The highest BCUT2D eigenvalue weighted by atomic mass is 31.2. The maximum atomic E-state index is 12.7. The largest absolute Gasteiger partial charge is 0.472 e. The Bertz CT molecular complexity index is 1530. The minimum Gasteiger partial charge on any atom is -0.462 e. The van der Waals surface area contributed by atoms with Crippen LogP contribution < -0.4 is 5.73 Å². The molecule has 0 saturated carbocycles. The van der Waals surface area contributed by atoms with E-state index in [4.69, 9.17) is 24.3 Å².